The average Bonchev–Trinajstić information content (AvgIpc) is 2.34. The first kappa shape index (κ1) is 12.1. The van der Waals surface area contributed by atoms with Crippen molar-refractivity contribution in [1.29, 1.82) is 0 Å². The number of nitrogens with zero attached hydrogens (tertiary/aromatic N) is 2. The molecule has 0 bridgehead atoms. The first-order valence-corrected chi connectivity index (χ1v) is 5.29. The fraction of sp³-hybridized carbons (Fsp3) is 0.143. The molecule has 16 heavy (non-hydrogen) atoms. The van der Waals surface area contributed by atoms with Gasteiger partial charge in [0.15, 0.2) is 0 Å². The molecule has 0 N–H and O–H groups in total. The van der Waals surface area contributed by atoms with Crippen molar-refractivity contribution in [3.63, 3.8) is 0 Å². The highest BCUT2D eigenvalue weighted by Crippen LogP contribution is 2.12. The van der Waals surface area contributed by atoms with Gasteiger partial charge in [0.25, 0.3) is 0 Å². The number of rotatable bonds is 4. The molecule has 1 rings (SSSR count). The Hall–Kier alpha value is -1.96. The van der Waals surface area contributed by atoms with Crippen molar-refractivity contribution >= 4 is 5.69 Å². The number of allylic oxidation sites excluding steroid dienone is 5. The van der Waals surface area contributed by atoms with E-state index in [1.807, 2.05) is 74.6 Å². The van der Waals surface area contributed by atoms with Crippen LogP contribution in [0.1, 0.15) is 13.8 Å². The summed E-state index contributed by atoms with van der Waals surface area (Å²) in [5.74, 6) is 0. The van der Waals surface area contributed by atoms with E-state index in [0.717, 1.165) is 11.4 Å². The van der Waals surface area contributed by atoms with E-state index in [9.17, 15) is 0 Å². The number of hydrogen-bond acceptors (Lipinski definition) is 2. The molecule has 1 aromatic carbocycles. The van der Waals surface area contributed by atoms with E-state index in [0.29, 0.717) is 0 Å². The van der Waals surface area contributed by atoms with Crippen LogP contribution in [-0.2, 0) is 0 Å². The molecule has 0 unspecified atom stereocenters. The zero-order valence-electron chi connectivity index (χ0n) is 9.67. The maximum atomic E-state index is 4.17. The Morgan fingerprint density at radius 3 is 2.44 bits per heavy atom. The smallest absolute Gasteiger partial charge is 0.0857 e. The Bertz CT molecular complexity index is 412. The molecule has 0 aliphatic heterocycles. The van der Waals surface area contributed by atoms with Crippen LogP contribution in [0.4, 0.5) is 5.69 Å². The van der Waals surface area contributed by atoms with E-state index in [1.54, 1.807) is 0 Å². The zero-order valence-corrected chi connectivity index (χ0v) is 9.67. The zero-order chi connectivity index (χ0) is 11.6. The van der Waals surface area contributed by atoms with E-state index in [2.05, 4.69) is 10.2 Å². The lowest BCUT2D eigenvalue weighted by Crippen LogP contribution is -1.69. The van der Waals surface area contributed by atoms with Gasteiger partial charge in [-0.3, -0.25) is 0 Å². The van der Waals surface area contributed by atoms with Crippen LogP contribution in [0.15, 0.2) is 76.6 Å². The molecule has 0 fully saturated rings. The lowest BCUT2D eigenvalue weighted by molar-refractivity contribution is 1.17. The molecule has 0 heterocycles. The SMILES string of the molecule is C\C=C/C=C(\C=C/C)/N=N/c1ccccc1. The van der Waals surface area contributed by atoms with Crippen molar-refractivity contribution in [2.75, 3.05) is 0 Å². The molecule has 0 saturated carbocycles. The van der Waals surface area contributed by atoms with Crippen molar-refractivity contribution in [1.82, 2.24) is 0 Å². The van der Waals surface area contributed by atoms with Gasteiger partial charge in [0.2, 0.25) is 0 Å². The fourth-order valence-electron chi connectivity index (χ4n) is 1.10. The van der Waals surface area contributed by atoms with Crippen molar-refractivity contribution in [3.05, 3.63) is 66.4 Å². The van der Waals surface area contributed by atoms with Gasteiger partial charge in [0.1, 0.15) is 0 Å². The maximum Gasteiger partial charge on any atom is 0.0857 e. The minimum Gasteiger partial charge on any atom is -0.151 e. The molecule has 0 spiro atoms. The highest BCUT2D eigenvalue weighted by atomic mass is 15.1. The van der Waals surface area contributed by atoms with Gasteiger partial charge in [-0.05, 0) is 38.1 Å². The van der Waals surface area contributed by atoms with Crippen LogP contribution in [0, 0.1) is 0 Å². The quantitative estimate of drug-likeness (QED) is 0.505. The molecule has 0 atom stereocenters. The summed E-state index contributed by atoms with van der Waals surface area (Å²) >= 11 is 0. The molecule has 0 amide bonds. The summed E-state index contributed by atoms with van der Waals surface area (Å²) in [6, 6.07) is 9.69. The van der Waals surface area contributed by atoms with E-state index in [4.69, 9.17) is 0 Å². The van der Waals surface area contributed by atoms with Crippen LogP contribution in [-0.4, -0.2) is 0 Å². The average molecular weight is 212 g/mol. The Labute approximate surface area is 96.7 Å². The van der Waals surface area contributed by atoms with Crippen LogP contribution in [0.2, 0.25) is 0 Å². The van der Waals surface area contributed by atoms with Crippen LogP contribution in [0.3, 0.4) is 0 Å². The number of hydrogen-bond donors (Lipinski definition) is 0. The third-order valence-corrected chi connectivity index (χ3v) is 1.83. The van der Waals surface area contributed by atoms with Crippen LogP contribution < -0.4 is 0 Å². The van der Waals surface area contributed by atoms with Crippen molar-refractivity contribution < 1.29 is 0 Å². The third-order valence-electron chi connectivity index (χ3n) is 1.83. The van der Waals surface area contributed by atoms with Gasteiger partial charge in [0.05, 0.1) is 11.4 Å². The topological polar surface area (TPSA) is 24.7 Å². The van der Waals surface area contributed by atoms with E-state index in [1.165, 1.54) is 0 Å². The molecule has 1 aromatic rings. The molecular weight excluding hydrogens is 196 g/mol. The second kappa shape index (κ2) is 7.35. The third kappa shape index (κ3) is 4.51. The van der Waals surface area contributed by atoms with Crippen LogP contribution in [0.25, 0.3) is 0 Å². The molecule has 2 heteroatoms. The second-order valence-corrected chi connectivity index (χ2v) is 3.15. The number of benzene rings is 1. The van der Waals surface area contributed by atoms with Crippen LogP contribution in [0.5, 0.6) is 0 Å². The van der Waals surface area contributed by atoms with Gasteiger partial charge >= 0.3 is 0 Å². The second-order valence-electron chi connectivity index (χ2n) is 3.15. The summed E-state index contributed by atoms with van der Waals surface area (Å²) < 4.78 is 0. The first-order valence-electron chi connectivity index (χ1n) is 5.29. The minimum atomic E-state index is 0.837. The minimum absolute atomic E-state index is 0.837. The van der Waals surface area contributed by atoms with Gasteiger partial charge in [-0.1, -0.05) is 36.4 Å². The van der Waals surface area contributed by atoms with Crippen molar-refractivity contribution in [3.8, 4) is 0 Å². The molecule has 0 saturated heterocycles. The Balaban J connectivity index is 2.80. The lowest BCUT2D eigenvalue weighted by Gasteiger charge is -1.92. The first-order chi connectivity index (χ1) is 7.86. The molecule has 0 radical (unpaired) electrons. The molecule has 0 aromatic heterocycles. The monoisotopic (exact) mass is 212 g/mol. The summed E-state index contributed by atoms with van der Waals surface area (Å²) in [4.78, 5) is 0. The molecule has 2 nitrogen and oxygen atoms in total. The van der Waals surface area contributed by atoms with E-state index < -0.39 is 0 Å². The lowest BCUT2D eigenvalue weighted by atomic mass is 10.3. The van der Waals surface area contributed by atoms with Gasteiger partial charge < -0.3 is 0 Å². The molecule has 82 valence electrons. The van der Waals surface area contributed by atoms with E-state index >= 15 is 0 Å². The standard InChI is InChI=1S/C14H16N2/c1-3-5-10-13(9-4-2)15-16-14-11-7-6-8-12-14/h3-12H,1-2H3/b5-3-,9-4-,13-10+,16-15+. The normalized spacial score (nSPS) is 13.2. The van der Waals surface area contributed by atoms with Gasteiger partial charge in [0, 0.05) is 0 Å². The highest BCUT2D eigenvalue weighted by Gasteiger charge is 1.87. The largest absolute Gasteiger partial charge is 0.151 e. The van der Waals surface area contributed by atoms with Crippen molar-refractivity contribution in [2.45, 2.75) is 13.8 Å². The summed E-state index contributed by atoms with van der Waals surface area (Å²) in [5.41, 5.74) is 1.70. The van der Waals surface area contributed by atoms with Gasteiger partial charge in [-0.15, -0.1) is 0 Å². The van der Waals surface area contributed by atoms with Gasteiger partial charge in [-0.2, -0.15) is 10.2 Å². The number of azo groups is 1. The maximum absolute atomic E-state index is 4.17. The Kier molecular flexibility index (Phi) is 5.56. The highest BCUT2D eigenvalue weighted by molar-refractivity contribution is 5.35. The van der Waals surface area contributed by atoms with E-state index in [-0.39, 0.29) is 0 Å². The Morgan fingerprint density at radius 2 is 1.81 bits per heavy atom. The summed E-state index contributed by atoms with van der Waals surface area (Å²) in [7, 11) is 0. The van der Waals surface area contributed by atoms with Crippen LogP contribution >= 0.6 is 0 Å². The molecule has 0 aliphatic rings. The Morgan fingerprint density at radius 1 is 1.06 bits per heavy atom. The van der Waals surface area contributed by atoms with Gasteiger partial charge in [-0.25, -0.2) is 0 Å². The molecule has 0 aliphatic carbocycles. The predicted molar refractivity (Wildman–Crippen MR) is 68.7 cm³/mol. The van der Waals surface area contributed by atoms with Crippen molar-refractivity contribution in [2.24, 2.45) is 10.2 Å². The molecular formula is C14H16N2. The summed E-state index contributed by atoms with van der Waals surface area (Å²) in [5, 5.41) is 8.32. The summed E-state index contributed by atoms with van der Waals surface area (Å²) in [6.07, 6.45) is 9.69. The fourth-order valence-corrected chi connectivity index (χ4v) is 1.10. The summed E-state index contributed by atoms with van der Waals surface area (Å²) in [6.45, 7) is 3.93. The predicted octanol–water partition coefficient (Wildman–Crippen LogP) is 4.81.